The largest absolute Gasteiger partial charge is 0.350 e. The Morgan fingerprint density at radius 2 is 1.71 bits per heavy atom. The van der Waals surface area contributed by atoms with Crippen molar-refractivity contribution in [1.29, 1.82) is 0 Å². The van der Waals surface area contributed by atoms with Crippen LogP contribution >= 0.6 is 0 Å². The molecule has 80 valence electrons. The summed E-state index contributed by atoms with van der Waals surface area (Å²) in [4.78, 5) is 22.2. The Morgan fingerprint density at radius 3 is 2.14 bits per heavy atom. The Morgan fingerprint density at radius 1 is 1.14 bits per heavy atom. The minimum absolute atomic E-state index is 0.0202. The number of carbonyl (C=O) groups is 2. The second kappa shape index (κ2) is 4.58. The van der Waals surface area contributed by atoms with Gasteiger partial charge in [-0.1, -0.05) is 19.3 Å². The molecule has 3 heteroatoms. The van der Waals surface area contributed by atoms with Crippen LogP contribution in [0.2, 0.25) is 0 Å². The lowest BCUT2D eigenvalue weighted by Crippen LogP contribution is -2.50. The number of hydrogen-bond donors (Lipinski definition) is 1. The van der Waals surface area contributed by atoms with Gasteiger partial charge in [-0.05, 0) is 19.8 Å². The highest BCUT2D eigenvalue weighted by atomic mass is 16.1. The first-order chi connectivity index (χ1) is 6.54. The van der Waals surface area contributed by atoms with Gasteiger partial charge in [0.15, 0.2) is 0 Å². The lowest BCUT2D eigenvalue weighted by atomic mass is 9.78. The van der Waals surface area contributed by atoms with E-state index in [2.05, 4.69) is 5.32 Å². The number of hydrogen-bond acceptors (Lipinski definition) is 2. The Hall–Kier alpha value is -0.860. The van der Waals surface area contributed by atoms with Crippen molar-refractivity contribution >= 4 is 11.7 Å². The van der Waals surface area contributed by atoms with Gasteiger partial charge >= 0.3 is 0 Å². The molecule has 14 heavy (non-hydrogen) atoms. The van der Waals surface area contributed by atoms with Gasteiger partial charge in [0.2, 0.25) is 5.91 Å². The van der Waals surface area contributed by atoms with Gasteiger partial charge in [0.05, 0.1) is 0 Å². The number of nitrogens with one attached hydrogen (secondary N) is 1. The fraction of sp³-hybridized carbons (Fsp3) is 0.818. The molecule has 0 bridgehead atoms. The van der Waals surface area contributed by atoms with Gasteiger partial charge in [0, 0.05) is 18.9 Å². The third kappa shape index (κ3) is 3.13. The van der Waals surface area contributed by atoms with Crippen molar-refractivity contribution in [2.24, 2.45) is 0 Å². The van der Waals surface area contributed by atoms with E-state index in [1.165, 1.54) is 13.3 Å². The summed E-state index contributed by atoms with van der Waals surface area (Å²) in [7, 11) is 0. The Kier molecular flexibility index (Phi) is 3.67. The summed E-state index contributed by atoms with van der Waals surface area (Å²) in [6.45, 7) is 3.12. The average molecular weight is 197 g/mol. The summed E-state index contributed by atoms with van der Waals surface area (Å²) in [6.07, 6.45) is 5.85. The van der Waals surface area contributed by atoms with Crippen LogP contribution in [-0.2, 0) is 9.59 Å². The fourth-order valence-corrected chi connectivity index (χ4v) is 2.42. The molecule has 0 heterocycles. The van der Waals surface area contributed by atoms with E-state index >= 15 is 0 Å². The maximum absolute atomic E-state index is 11.1. The number of carbonyl (C=O) groups excluding carboxylic acids is 2. The molecule has 1 fully saturated rings. The first-order valence-electron chi connectivity index (χ1n) is 5.32. The summed E-state index contributed by atoms with van der Waals surface area (Å²) < 4.78 is 0. The molecule has 0 aromatic heterocycles. The third-order valence-electron chi connectivity index (χ3n) is 2.84. The SMILES string of the molecule is CC(=O)CC1(NC(C)=O)CCCCC1. The summed E-state index contributed by atoms with van der Waals surface area (Å²) in [5, 5.41) is 2.97. The molecule has 0 atom stereocenters. The Bertz CT molecular complexity index is 211. The second-order valence-corrected chi connectivity index (χ2v) is 4.40. The van der Waals surface area contributed by atoms with Gasteiger partial charge in [-0.25, -0.2) is 0 Å². The Labute approximate surface area is 85.3 Å². The van der Waals surface area contributed by atoms with Crippen LogP contribution in [0.5, 0.6) is 0 Å². The molecule has 1 aliphatic rings. The van der Waals surface area contributed by atoms with Gasteiger partial charge in [-0.2, -0.15) is 0 Å². The molecule has 0 unspecified atom stereocenters. The minimum Gasteiger partial charge on any atom is -0.350 e. The van der Waals surface area contributed by atoms with Crippen LogP contribution in [0.4, 0.5) is 0 Å². The van der Waals surface area contributed by atoms with Crippen molar-refractivity contribution in [3.05, 3.63) is 0 Å². The molecule has 0 aromatic carbocycles. The topological polar surface area (TPSA) is 46.2 Å². The standard InChI is InChI=1S/C11H19NO2/c1-9(13)8-11(12-10(2)14)6-4-3-5-7-11/h3-8H2,1-2H3,(H,12,14). The van der Waals surface area contributed by atoms with Gasteiger partial charge < -0.3 is 5.32 Å². The van der Waals surface area contributed by atoms with Crippen molar-refractivity contribution in [2.75, 3.05) is 0 Å². The normalized spacial score (nSPS) is 20.1. The zero-order valence-electron chi connectivity index (χ0n) is 9.06. The van der Waals surface area contributed by atoms with E-state index in [1.54, 1.807) is 6.92 Å². The van der Waals surface area contributed by atoms with Crippen molar-refractivity contribution in [2.45, 2.75) is 57.9 Å². The van der Waals surface area contributed by atoms with E-state index in [0.29, 0.717) is 6.42 Å². The van der Waals surface area contributed by atoms with E-state index in [9.17, 15) is 9.59 Å². The highest BCUT2D eigenvalue weighted by Crippen LogP contribution is 2.31. The van der Waals surface area contributed by atoms with Crippen molar-refractivity contribution in [3.63, 3.8) is 0 Å². The molecule has 0 radical (unpaired) electrons. The Balaban J connectivity index is 2.66. The van der Waals surface area contributed by atoms with Crippen LogP contribution in [0.25, 0.3) is 0 Å². The third-order valence-corrected chi connectivity index (χ3v) is 2.84. The van der Waals surface area contributed by atoms with Crippen LogP contribution in [-0.4, -0.2) is 17.2 Å². The summed E-state index contributed by atoms with van der Waals surface area (Å²) in [5.74, 6) is 0.147. The molecule has 0 spiro atoms. The zero-order chi connectivity index (χ0) is 10.6. The molecule has 0 saturated heterocycles. The molecular weight excluding hydrogens is 178 g/mol. The second-order valence-electron chi connectivity index (χ2n) is 4.40. The number of amides is 1. The highest BCUT2D eigenvalue weighted by molar-refractivity contribution is 5.79. The smallest absolute Gasteiger partial charge is 0.217 e. The fourth-order valence-electron chi connectivity index (χ4n) is 2.42. The van der Waals surface area contributed by atoms with Gasteiger partial charge in [-0.3, -0.25) is 9.59 Å². The van der Waals surface area contributed by atoms with Gasteiger partial charge in [0.25, 0.3) is 0 Å². The molecule has 3 nitrogen and oxygen atoms in total. The highest BCUT2D eigenvalue weighted by Gasteiger charge is 2.33. The lowest BCUT2D eigenvalue weighted by Gasteiger charge is -2.37. The number of ketones is 1. The van der Waals surface area contributed by atoms with E-state index in [1.807, 2.05) is 0 Å². The van der Waals surface area contributed by atoms with E-state index in [4.69, 9.17) is 0 Å². The minimum atomic E-state index is -0.226. The molecule has 1 aliphatic carbocycles. The van der Waals surface area contributed by atoms with Crippen molar-refractivity contribution in [3.8, 4) is 0 Å². The zero-order valence-corrected chi connectivity index (χ0v) is 9.06. The summed E-state index contributed by atoms with van der Waals surface area (Å²) in [6, 6.07) is 0. The van der Waals surface area contributed by atoms with Crippen LogP contribution in [0.15, 0.2) is 0 Å². The van der Waals surface area contributed by atoms with E-state index in [0.717, 1.165) is 25.7 Å². The molecule has 1 rings (SSSR count). The number of Topliss-reactive ketones (excluding diaryl/α,β-unsaturated/α-hetero) is 1. The predicted molar refractivity (Wildman–Crippen MR) is 54.9 cm³/mol. The maximum Gasteiger partial charge on any atom is 0.217 e. The summed E-state index contributed by atoms with van der Waals surface area (Å²) >= 11 is 0. The molecule has 0 aliphatic heterocycles. The number of rotatable bonds is 3. The first-order valence-corrected chi connectivity index (χ1v) is 5.32. The predicted octanol–water partition coefficient (Wildman–Crippen LogP) is 1.80. The van der Waals surface area contributed by atoms with E-state index in [-0.39, 0.29) is 17.2 Å². The van der Waals surface area contributed by atoms with Crippen LogP contribution in [0.1, 0.15) is 52.4 Å². The molecular formula is C11H19NO2. The van der Waals surface area contributed by atoms with Crippen molar-refractivity contribution < 1.29 is 9.59 Å². The first kappa shape index (κ1) is 11.2. The van der Waals surface area contributed by atoms with Crippen LogP contribution < -0.4 is 5.32 Å². The molecule has 1 N–H and O–H groups in total. The molecule has 0 aromatic rings. The monoisotopic (exact) mass is 197 g/mol. The van der Waals surface area contributed by atoms with E-state index < -0.39 is 0 Å². The van der Waals surface area contributed by atoms with Crippen LogP contribution in [0, 0.1) is 0 Å². The summed E-state index contributed by atoms with van der Waals surface area (Å²) in [5.41, 5.74) is -0.226. The average Bonchev–Trinajstić information content (AvgIpc) is 2.01. The van der Waals surface area contributed by atoms with Crippen LogP contribution in [0.3, 0.4) is 0 Å². The molecule has 1 saturated carbocycles. The maximum atomic E-state index is 11.1. The quantitative estimate of drug-likeness (QED) is 0.750. The lowest BCUT2D eigenvalue weighted by molar-refractivity contribution is -0.123. The van der Waals surface area contributed by atoms with Crippen molar-refractivity contribution in [1.82, 2.24) is 5.32 Å². The van der Waals surface area contributed by atoms with Gasteiger partial charge in [-0.15, -0.1) is 0 Å². The van der Waals surface area contributed by atoms with Gasteiger partial charge in [0.1, 0.15) is 5.78 Å². The molecule has 1 amide bonds.